The third kappa shape index (κ3) is 4.78. The number of rotatable bonds is 7. The molecule has 27 heavy (non-hydrogen) atoms. The minimum absolute atomic E-state index is 0.175. The first-order valence-corrected chi connectivity index (χ1v) is 10.3. The molecule has 3 aromatic rings. The normalized spacial score (nSPS) is 18.2. The summed E-state index contributed by atoms with van der Waals surface area (Å²) in [7, 11) is 0. The molecule has 0 saturated carbocycles. The van der Waals surface area contributed by atoms with Crippen LogP contribution in [0.25, 0.3) is 10.9 Å². The highest BCUT2D eigenvalue weighted by Gasteiger charge is 2.19. The number of piperidine rings is 1. The third-order valence-corrected chi connectivity index (χ3v) is 5.87. The summed E-state index contributed by atoms with van der Waals surface area (Å²) in [5.41, 5.74) is 3.69. The van der Waals surface area contributed by atoms with E-state index in [1.807, 2.05) is 12.3 Å². The van der Waals surface area contributed by atoms with Gasteiger partial charge in [0.2, 0.25) is 0 Å². The average molecular weight is 365 g/mol. The number of hydrogen-bond donors (Lipinski definition) is 1. The summed E-state index contributed by atoms with van der Waals surface area (Å²) in [6.45, 7) is 3.68. The van der Waals surface area contributed by atoms with Crippen molar-refractivity contribution in [1.29, 1.82) is 0 Å². The number of benzene rings is 2. The topological polar surface area (TPSA) is 19.0 Å². The van der Waals surface area contributed by atoms with Gasteiger partial charge < -0.3 is 9.88 Å². The van der Waals surface area contributed by atoms with E-state index in [2.05, 4.69) is 40.2 Å². The number of fused-ring (bicyclic) bond motifs is 1. The molecule has 2 nitrogen and oxygen atoms in total. The largest absolute Gasteiger partial charge is 0.361 e. The zero-order valence-corrected chi connectivity index (χ0v) is 16.0. The van der Waals surface area contributed by atoms with Crippen LogP contribution in [0.5, 0.6) is 0 Å². The SMILES string of the molecule is Fc1ccc2c(CCCCN3CCCC(Cc4ccccc4)C3)c[nH]c2c1. The Hall–Kier alpha value is -2.13. The summed E-state index contributed by atoms with van der Waals surface area (Å²) in [6, 6.07) is 15.9. The summed E-state index contributed by atoms with van der Waals surface area (Å²) < 4.78 is 13.3. The van der Waals surface area contributed by atoms with Crippen LogP contribution in [0, 0.1) is 11.7 Å². The Balaban J connectivity index is 1.23. The molecule has 1 aliphatic rings. The van der Waals surface area contributed by atoms with Crippen LogP contribution in [0.2, 0.25) is 0 Å². The Morgan fingerprint density at radius 2 is 1.96 bits per heavy atom. The molecular formula is C24H29FN2. The fourth-order valence-electron chi connectivity index (χ4n) is 4.48. The molecular weight excluding hydrogens is 335 g/mol. The number of halogens is 1. The van der Waals surface area contributed by atoms with Crippen molar-refractivity contribution in [3.05, 3.63) is 71.7 Å². The molecule has 0 amide bonds. The van der Waals surface area contributed by atoms with Crippen molar-refractivity contribution in [2.24, 2.45) is 5.92 Å². The quantitative estimate of drug-likeness (QED) is 0.542. The predicted molar refractivity (Wildman–Crippen MR) is 111 cm³/mol. The van der Waals surface area contributed by atoms with Crippen molar-refractivity contribution >= 4 is 10.9 Å². The van der Waals surface area contributed by atoms with E-state index in [1.54, 1.807) is 12.1 Å². The van der Waals surface area contributed by atoms with Gasteiger partial charge in [0.1, 0.15) is 5.82 Å². The van der Waals surface area contributed by atoms with Gasteiger partial charge in [-0.15, -0.1) is 0 Å². The Morgan fingerprint density at radius 3 is 2.85 bits per heavy atom. The van der Waals surface area contributed by atoms with Crippen molar-refractivity contribution < 1.29 is 4.39 Å². The highest BCUT2D eigenvalue weighted by Crippen LogP contribution is 2.23. The lowest BCUT2D eigenvalue weighted by atomic mass is 9.91. The van der Waals surface area contributed by atoms with Gasteiger partial charge in [-0.25, -0.2) is 4.39 Å². The monoisotopic (exact) mass is 364 g/mol. The minimum atomic E-state index is -0.175. The second-order valence-corrected chi connectivity index (χ2v) is 7.96. The molecule has 1 N–H and O–H groups in total. The molecule has 1 aromatic heterocycles. The first-order valence-electron chi connectivity index (χ1n) is 10.3. The fourth-order valence-corrected chi connectivity index (χ4v) is 4.48. The van der Waals surface area contributed by atoms with Gasteiger partial charge in [0.05, 0.1) is 0 Å². The number of H-pyrrole nitrogens is 1. The number of nitrogens with one attached hydrogen (secondary N) is 1. The highest BCUT2D eigenvalue weighted by molar-refractivity contribution is 5.83. The zero-order chi connectivity index (χ0) is 18.5. The van der Waals surface area contributed by atoms with Crippen LogP contribution in [0.1, 0.15) is 36.8 Å². The molecule has 0 spiro atoms. The average Bonchev–Trinajstić information content (AvgIpc) is 3.08. The molecule has 1 atom stereocenters. The number of unbranched alkanes of at least 4 members (excludes halogenated alkanes) is 1. The van der Waals surface area contributed by atoms with Crippen molar-refractivity contribution in [3.63, 3.8) is 0 Å². The summed E-state index contributed by atoms with van der Waals surface area (Å²) >= 11 is 0. The van der Waals surface area contributed by atoms with Crippen molar-refractivity contribution in [2.45, 2.75) is 38.5 Å². The number of aromatic amines is 1. The Labute approximate surface area is 161 Å². The standard InChI is InChI=1S/C24H29FN2/c25-22-11-12-23-21(17-26-24(23)16-22)10-4-5-13-27-14-6-9-20(18-27)15-19-7-2-1-3-8-19/h1-3,7-8,11-12,16-17,20,26H,4-6,9-10,13-15,18H2. The van der Waals surface area contributed by atoms with Gasteiger partial charge >= 0.3 is 0 Å². The Kier molecular flexibility index (Phi) is 5.88. The summed E-state index contributed by atoms with van der Waals surface area (Å²) in [6.07, 6.45) is 9.41. The van der Waals surface area contributed by atoms with Gasteiger partial charge in [-0.05, 0) is 86.9 Å². The van der Waals surface area contributed by atoms with Crippen LogP contribution in [0.15, 0.2) is 54.7 Å². The lowest BCUT2D eigenvalue weighted by Gasteiger charge is -2.32. The molecule has 0 bridgehead atoms. The fraction of sp³-hybridized carbons (Fsp3) is 0.417. The number of aryl methyl sites for hydroxylation is 1. The molecule has 1 fully saturated rings. The first-order chi connectivity index (χ1) is 13.3. The van der Waals surface area contributed by atoms with Crippen molar-refractivity contribution in [1.82, 2.24) is 9.88 Å². The molecule has 1 saturated heterocycles. The van der Waals surface area contributed by atoms with Gasteiger partial charge in [-0.3, -0.25) is 0 Å². The van der Waals surface area contributed by atoms with E-state index in [1.165, 1.54) is 62.9 Å². The zero-order valence-electron chi connectivity index (χ0n) is 16.0. The van der Waals surface area contributed by atoms with Crippen molar-refractivity contribution in [3.8, 4) is 0 Å². The van der Waals surface area contributed by atoms with E-state index >= 15 is 0 Å². The predicted octanol–water partition coefficient (Wildman–Crippen LogP) is 5.58. The lowest BCUT2D eigenvalue weighted by Crippen LogP contribution is -2.36. The maximum atomic E-state index is 13.3. The molecule has 4 rings (SSSR count). The van der Waals surface area contributed by atoms with Crippen LogP contribution in [-0.2, 0) is 12.8 Å². The van der Waals surface area contributed by atoms with E-state index in [0.29, 0.717) is 0 Å². The second-order valence-electron chi connectivity index (χ2n) is 7.96. The molecule has 0 radical (unpaired) electrons. The smallest absolute Gasteiger partial charge is 0.125 e. The molecule has 0 aliphatic carbocycles. The van der Waals surface area contributed by atoms with E-state index in [4.69, 9.17) is 0 Å². The van der Waals surface area contributed by atoms with E-state index < -0.39 is 0 Å². The van der Waals surface area contributed by atoms with Gasteiger partial charge in [0.15, 0.2) is 0 Å². The Bertz CT molecular complexity index is 855. The van der Waals surface area contributed by atoms with Gasteiger partial charge in [0, 0.05) is 23.6 Å². The Morgan fingerprint density at radius 1 is 1.07 bits per heavy atom. The molecule has 1 unspecified atom stereocenters. The minimum Gasteiger partial charge on any atom is -0.361 e. The maximum Gasteiger partial charge on any atom is 0.125 e. The van der Waals surface area contributed by atoms with E-state index in [-0.39, 0.29) is 5.82 Å². The summed E-state index contributed by atoms with van der Waals surface area (Å²) in [5, 5.41) is 1.16. The van der Waals surface area contributed by atoms with Gasteiger partial charge in [-0.2, -0.15) is 0 Å². The molecule has 3 heteroatoms. The third-order valence-electron chi connectivity index (χ3n) is 5.87. The van der Waals surface area contributed by atoms with Crippen molar-refractivity contribution in [2.75, 3.05) is 19.6 Å². The van der Waals surface area contributed by atoms with Crippen LogP contribution < -0.4 is 0 Å². The first kappa shape index (κ1) is 18.2. The lowest BCUT2D eigenvalue weighted by molar-refractivity contribution is 0.171. The van der Waals surface area contributed by atoms with Gasteiger partial charge in [0.25, 0.3) is 0 Å². The van der Waals surface area contributed by atoms with Crippen LogP contribution in [0.3, 0.4) is 0 Å². The molecule has 2 heterocycles. The number of likely N-dealkylation sites (tertiary alicyclic amines) is 1. The van der Waals surface area contributed by atoms with Gasteiger partial charge in [-0.1, -0.05) is 30.3 Å². The van der Waals surface area contributed by atoms with Crippen LogP contribution >= 0.6 is 0 Å². The summed E-state index contributed by atoms with van der Waals surface area (Å²) in [5.74, 6) is 0.621. The van der Waals surface area contributed by atoms with E-state index in [0.717, 1.165) is 23.2 Å². The highest BCUT2D eigenvalue weighted by atomic mass is 19.1. The summed E-state index contributed by atoms with van der Waals surface area (Å²) in [4.78, 5) is 5.85. The number of nitrogens with zero attached hydrogens (tertiary/aromatic N) is 1. The number of hydrogen-bond acceptors (Lipinski definition) is 1. The number of aromatic nitrogens is 1. The maximum absolute atomic E-state index is 13.3. The molecule has 1 aliphatic heterocycles. The van der Waals surface area contributed by atoms with E-state index in [9.17, 15) is 4.39 Å². The van der Waals surface area contributed by atoms with Crippen LogP contribution in [-0.4, -0.2) is 29.5 Å². The van der Waals surface area contributed by atoms with Crippen LogP contribution in [0.4, 0.5) is 4.39 Å². The molecule has 2 aromatic carbocycles. The second kappa shape index (κ2) is 8.71. The molecule has 142 valence electrons.